The molecule has 0 radical (unpaired) electrons. The van der Waals surface area contributed by atoms with Crippen LogP contribution in [-0.2, 0) is 19.1 Å². The fourth-order valence-corrected chi connectivity index (χ4v) is 6.95. The van der Waals surface area contributed by atoms with Crippen LogP contribution in [0.1, 0.15) is 219 Å². The van der Waals surface area contributed by atoms with E-state index in [1.165, 1.54) is 109 Å². The van der Waals surface area contributed by atoms with Crippen molar-refractivity contribution in [1.29, 1.82) is 0 Å². The van der Waals surface area contributed by atoms with Crippen molar-refractivity contribution in [2.75, 3.05) is 13.2 Å². The molecule has 0 aromatic heterocycles. The zero-order valence-electron chi connectivity index (χ0n) is 41.2. The lowest BCUT2D eigenvalue weighted by molar-refractivity contribution is -0.161. The number of hydrogen-bond donors (Lipinski definition) is 1. The highest BCUT2D eigenvalue weighted by Gasteiger charge is 2.15. The minimum Gasteiger partial charge on any atom is -0.461 e. The van der Waals surface area contributed by atoms with Crippen molar-refractivity contribution in [3.05, 3.63) is 122 Å². The van der Waals surface area contributed by atoms with E-state index in [1.807, 2.05) is 6.08 Å². The molecular formula is C59H96O5. The van der Waals surface area contributed by atoms with E-state index in [2.05, 4.69) is 123 Å². The number of esters is 2. The molecule has 0 spiro atoms. The van der Waals surface area contributed by atoms with Gasteiger partial charge in [-0.15, -0.1) is 0 Å². The number of allylic oxidation sites excluding steroid dienone is 19. The first kappa shape index (κ1) is 60.3. The molecule has 0 aromatic rings. The fourth-order valence-electron chi connectivity index (χ4n) is 6.95. The highest BCUT2D eigenvalue weighted by molar-refractivity contribution is 5.71. The Hall–Kier alpha value is -3.70. The lowest BCUT2D eigenvalue weighted by atomic mass is 10.0. The standard InChI is InChI=1S/C59H96O5/c1-3-5-7-9-11-13-15-17-19-20-21-22-23-24-25-26-27-28-29-30-31-32-33-34-35-36-37-38-40-42-44-46-48-50-52-54-59(62)64-57(55-60)56-63-58(61)53-51-49-47-45-43-41-39-18-16-14-12-10-8-6-4-2/h5-8,11-14,17-19,21-22,24-25,39,43,45,49,51,57,60H,3-4,9-10,15-16,20,23,26-38,40-42,44,46-48,50,52-56H2,1-2H3/b7-5-,8-6-,13-11-,14-12-,19-17-,22-21-,25-24-,39-18-,45-43-,51-49-. The SMILES string of the molecule is CC/C=C\C/C=C\C/C=C\C/C=C\C/C=C\CCCCCCCCCCCCCCCCCCCCCC(=O)OC(CO)COC(=O)C/C=C\C/C=C\C/C=C\C/C=C\C/C=C\CC. The molecule has 0 saturated carbocycles. The van der Waals surface area contributed by atoms with Crippen molar-refractivity contribution < 1.29 is 24.2 Å². The van der Waals surface area contributed by atoms with E-state index >= 15 is 0 Å². The quantitative estimate of drug-likeness (QED) is 0.0375. The van der Waals surface area contributed by atoms with Gasteiger partial charge in [0.25, 0.3) is 0 Å². The third kappa shape index (κ3) is 50.9. The third-order valence-electron chi connectivity index (χ3n) is 10.8. The van der Waals surface area contributed by atoms with Gasteiger partial charge in [-0.2, -0.15) is 0 Å². The summed E-state index contributed by atoms with van der Waals surface area (Å²) in [5.74, 6) is -0.741. The molecule has 0 heterocycles. The molecule has 5 heteroatoms. The van der Waals surface area contributed by atoms with Gasteiger partial charge in [0.05, 0.1) is 13.0 Å². The van der Waals surface area contributed by atoms with Crippen molar-refractivity contribution >= 4 is 11.9 Å². The van der Waals surface area contributed by atoms with Crippen LogP contribution in [0.4, 0.5) is 0 Å². The Morgan fingerprint density at radius 1 is 0.375 bits per heavy atom. The lowest BCUT2D eigenvalue weighted by Crippen LogP contribution is -2.28. The molecule has 0 aromatic carbocycles. The van der Waals surface area contributed by atoms with Crippen LogP contribution in [0.3, 0.4) is 0 Å². The maximum atomic E-state index is 12.3. The summed E-state index contributed by atoms with van der Waals surface area (Å²) in [6.07, 6.45) is 79.1. The Balaban J connectivity index is 3.52. The van der Waals surface area contributed by atoms with E-state index in [1.54, 1.807) is 6.08 Å². The molecule has 0 rings (SSSR count). The summed E-state index contributed by atoms with van der Waals surface area (Å²) in [5, 5.41) is 9.60. The van der Waals surface area contributed by atoms with Crippen molar-refractivity contribution in [1.82, 2.24) is 0 Å². The number of rotatable bonds is 46. The van der Waals surface area contributed by atoms with Gasteiger partial charge in [-0.05, 0) is 83.5 Å². The topological polar surface area (TPSA) is 72.8 Å². The second-order valence-corrected chi connectivity index (χ2v) is 16.9. The lowest BCUT2D eigenvalue weighted by Gasteiger charge is -2.15. The minimum absolute atomic E-state index is 0.125. The Labute approximate surface area is 394 Å². The van der Waals surface area contributed by atoms with Crippen molar-refractivity contribution in [2.24, 2.45) is 0 Å². The second kappa shape index (κ2) is 53.6. The van der Waals surface area contributed by atoms with Crippen LogP contribution in [0.25, 0.3) is 0 Å². The van der Waals surface area contributed by atoms with Gasteiger partial charge in [0.15, 0.2) is 6.10 Å². The van der Waals surface area contributed by atoms with E-state index in [-0.39, 0.29) is 25.6 Å². The maximum absolute atomic E-state index is 12.3. The van der Waals surface area contributed by atoms with Crippen LogP contribution in [0.2, 0.25) is 0 Å². The first-order chi connectivity index (χ1) is 31.6. The predicted octanol–water partition coefficient (Wildman–Crippen LogP) is 17.5. The first-order valence-electron chi connectivity index (χ1n) is 26.1. The van der Waals surface area contributed by atoms with Crippen LogP contribution < -0.4 is 0 Å². The minimum atomic E-state index is -0.818. The molecular weight excluding hydrogens is 789 g/mol. The number of aliphatic hydroxyl groups is 1. The third-order valence-corrected chi connectivity index (χ3v) is 10.8. The molecule has 1 N–H and O–H groups in total. The van der Waals surface area contributed by atoms with Crippen molar-refractivity contribution in [3.63, 3.8) is 0 Å². The average molecular weight is 885 g/mol. The van der Waals surface area contributed by atoms with Crippen LogP contribution in [0.5, 0.6) is 0 Å². The van der Waals surface area contributed by atoms with Crippen LogP contribution in [-0.4, -0.2) is 36.4 Å². The number of hydrogen-bond acceptors (Lipinski definition) is 5. The van der Waals surface area contributed by atoms with Gasteiger partial charge in [-0.1, -0.05) is 245 Å². The summed E-state index contributed by atoms with van der Waals surface area (Å²) >= 11 is 0. The van der Waals surface area contributed by atoms with E-state index in [4.69, 9.17) is 9.47 Å². The van der Waals surface area contributed by atoms with Gasteiger partial charge in [-0.25, -0.2) is 0 Å². The average Bonchev–Trinajstić information content (AvgIpc) is 3.30. The number of carbonyl (C=O) groups is 2. The largest absolute Gasteiger partial charge is 0.461 e. The summed E-state index contributed by atoms with van der Waals surface area (Å²) in [7, 11) is 0. The first-order valence-corrected chi connectivity index (χ1v) is 26.1. The molecule has 5 nitrogen and oxygen atoms in total. The molecule has 1 unspecified atom stereocenters. The van der Waals surface area contributed by atoms with E-state index in [0.717, 1.165) is 83.5 Å². The molecule has 0 aliphatic carbocycles. The summed E-state index contributed by atoms with van der Waals surface area (Å²) < 4.78 is 10.6. The summed E-state index contributed by atoms with van der Waals surface area (Å²) in [4.78, 5) is 24.3. The monoisotopic (exact) mass is 885 g/mol. The highest BCUT2D eigenvalue weighted by atomic mass is 16.6. The van der Waals surface area contributed by atoms with Gasteiger partial charge in [-0.3, -0.25) is 9.59 Å². The molecule has 0 aliphatic rings. The summed E-state index contributed by atoms with van der Waals surface area (Å²) in [6, 6.07) is 0. The van der Waals surface area contributed by atoms with E-state index < -0.39 is 12.1 Å². The van der Waals surface area contributed by atoms with Gasteiger partial charge >= 0.3 is 11.9 Å². The Kier molecular flexibility index (Phi) is 50.5. The van der Waals surface area contributed by atoms with E-state index in [0.29, 0.717) is 6.42 Å². The number of unbranched alkanes of at least 4 members (excludes halogenated alkanes) is 19. The van der Waals surface area contributed by atoms with Gasteiger partial charge in [0, 0.05) is 6.42 Å². The van der Waals surface area contributed by atoms with Gasteiger partial charge < -0.3 is 14.6 Å². The Bertz CT molecular complexity index is 1320. The van der Waals surface area contributed by atoms with Gasteiger partial charge in [0.1, 0.15) is 6.61 Å². The zero-order valence-corrected chi connectivity index (χ0v) is 41.2. The maximum Gasteiger partial charge on any atom is 0.309 e. The normalized spacial score (nSPS) is 13.2. The molecule has 362 valence electrons. The Morgan fingerprint density at radius 2 is 0.672 bits per heavy atom. The summed E-state index contributed by atoms with van der Waals surface area (Å²) in [6.45, 7) is 3.82. The second-order valence-electron chi connectivity index (χ2n) is 16.9. The van der Waals surface area contributed by atoms with Crippen molar-refractivity contribution in [2.45, 2.75) is 225 Å². The van der Waals surface area contributed by atoms with Crippen molar-refractivity contribution in [3.8, 4) is 0 Å². The van der Waals surface area contributed by atoms with Crippen LogP contribution in [0.15, 0.2) is 122 Å². The smallest absolute Gasteiger partial charge is 0.309 e. The molecule has 1 atom stereocenters. The molecule has 0 bridgehead atoms. The molecule has 0 aliphatic heterocycles. The number of ether oxygens (including phenoxy) is 2. The molecule has 0 saturated heterocycles. The highest BCUT2D eigenvalue weighted by Crippen LogP contribution is 2.16. The molecule has 64 heavy (non-hydrogen) atoms. The van der Waals surface area contributed by atoms with Crippen LogP contribution in [0, 0.1) is 0 Å². The summed E-state index contributed by atoms with van der Waals surface area (Å²) in [5.41, 5.74) is 0. The Morgan fingerprint density at radius 3 is 1.02 bits per heavy atom. The van der Waals surface area contributed by atoms with Gasteiger partial charge in [0.2, 0.25) is 0 Å². The zero-order chi connectivity index (χ0) is 46.3. The number of carbonyl (C=O) groups excluding carboxylic acids is 2. The molecule has 0 amide bonds. The van der Waals surface area contributed by atoms with Crippen LogP contribution >= 0.6 is 0 Å². The number of aliphatic hydroxyl groups excluding tert-OH is 1. The predicted molar refractivity (Wildman–Crippen MR) is 278 cm³/mol. The fraction of sp³-hybridized carbons (Fsp3) is 0.627. The van der Waals surface area contributed by atoms with E-state index in [9.17, 15) is 14.7 Å². The molecule has 0 fully saturated rings.